The van der Waals surface area contributed by atoms with E-state index >= 15 is 0 Å². The van der Waals surface area contributed by atoms with Gasteiger partial charge in [-0.05, 0) is 17.7 Å². The van der Waals surface area contributed by atoms with Gasteiger partial charge in [0.05, 0.1) is 16.1 Å². The number of carbonyl (C=O) groups excluding carboxylic acids is 1. The molecule has 0 aliphatic rings. The molecule has 1 heterocycles. The van der Waals surface area contributed by atoms with Crippen LogP contribution in [0.3, 0.4) is 0 Å². The van der Waals surface area contributed by atoms with E-state index in [0.29, 0.717) is 5.56 Å². The lowest BCUT2D eigenvalue weighted by atomic mass is 10.1. The Morgan fingerprint density at radius 2 is 1.33 bits per heavy atom. The summed E-state index contributed by atoms with van der Waals surface area (Å²) in [6.45, 7) is 0.158. The molecule has 3 aromatic carbocycles. The van der Waals surface area contributed by atoms with Crippen LogP contribution in [0.5, 0.6) is 0 Å². The molecular formula is C23H17NO2S. The first-order valence-electron chi connectivity index (χ1n) is 8.64. The molecule has 0 radical (unpaired) electrons. The van der Waals surface area contributed by atoms with E-state index in [0.717, 1.165) is 26.7 Å². The van der Waals surface area contributed by atoms with Gasteiger partial charge in [0.1, 0.15) is 11.6 Å². The number of benzene rings is 3. The number of thiazole rings is 1. The van der Waals surface area contributed by atoms with Crippen LogP contribution >= 0.6 is 11.3 Å². The van der Waals surface area contributed by atoms with Crippen LogP contribution in [0.25, 0.3) is 21.7 Å². The first-order chi connectivity index (χ1) is 13.3. The second kappa shape index (κ2) is 7.98. The summed E-state index contributed by atoms with van der Waals surface area (Å²) in [6.07, 6.45) is 0. The second-order valence-electron chi connectivity index (χ2n) is 5.96. The third-order valence-corrected chi connectivity index (χ3v) is 5.17. The van der Waals surface area contributed by atoms with Crippen molar-refractivity contribution in [3.8, 4) is 21.7 Å². The minimum atomic E-state index is -0.340. The lowest BCUT2D eigenvalue weighted by molar-refractivity contribution is 0.0472. The molecular weight excluding hydrogens is 354 g/mol. The Morgan fingerprint density at radius 3 is 1.96 bits per heavy atom. The van der Waals surface area contributed by atoms with Crippen LogP contribution in [0, 0.1) is 0 Å². The van der Waals surface area contributed by atoms with E-state index in [1.165, 1.54) is 0 Å². The molecule has 4 rings (SSSR count). The van der Waals surface area contributed by atoms with E-state index in [-0.39, 0.29) is 12.6 Å². The third kappa shape index (κ3) is 3.96. The SMILES string of the molecule is O=C(OCc1nc(-c2ccccc2)c(-c2ccccc2)s1)c1ccccc1. The smallest absolute Gasteiger partial charge is 0.338 e. The number of hydrogen-bond acceptors (Lipinski definition) is 4. The number of ether oxygens (including phenoxy) is 1. The van der Waals surface area contributed by atoms with Gasteiger partial charge in [-0.2, -0.15) is 0 Å². The Balaban J connectivity index is 1.62. The zero-order valence-corrected chi connectivity index (χ0v) is 15.4. The molecule has 0 unspecified atom stereocenters. The first-order valence-corrected chi connectivity index (χ1v) is 9.45. The molecule has 4 heteroatoms. The van der Waals surface area contributed by atoms with E-state index in [1.807, 2.05) is 66.7 Å². The van der Waals surface area contributed by atoms with Gasteiger partial charge >= 0.3 is 5.97 Å². The first kappa shape index (κ1) is 17.2. The van der Waals surface area contributed by atoms with Crippen molar-refractivity contribution in [3.63, 3.8) is 0 Å². The molecule has 0 bridgehead atoms. The predicted molar refractivity (Wildman–Crippen MR) is 109 cm³/mol. The highest BCUT2D eigenvalue weighted by Gasteiger charge is 2.16. The lowest BCUT2D eigenvalue weighted by Gasteiger charge is -2.02. The average Bonchev–Trinajstić information content (AvgIpc) is 3.18. The van der Waals surface area contributed by atoms with Crippen LogP contribution in [-0.2, 0) is 11.3 Å². The van der Waals surface area contributed by atoms with Crippen LogP contribution in [0.1, 0.15) is 15.4 Å². The minimum absolute atomic E-state index is 0.158. The van der Waals surface area contributed by atoms with E-state index < -0.39 is 0 Å². The van der Waals surface area contributed by atoms with Gasteiger partial charge in [-0.25, -0.2) is 9.78 Å². The fourth-order valence-electron chi connectivity index (χ4n) is 2.79. The maximum Gasteiger partial charge on any atom is 0.338 e. The fraction of sp³-hybridized carbons (Fsp3) is 0.0435. The topological polar surface area (TPSA) is 39.2 Å². The van der Waals surface area contributed by atoms with Gasteiger partial charge in [-0.3, -0.25) is 0 Å². The predicted octanol–water partition coefficient (Wildman–Crippen LogP) is 5.83. The van der Waals surface area contributed by atoms with Crippen molar-refractivity contribution in [2.45, 2.75) is 6.61 Å². The van der Waals surface area contributed by atoms with Gasteiger partial charge in [-0.1, -0.05) is 78.9 Å². The Kier molecular flexibility index (Phi) is 5.08. The van der Waals surface area contributed by atoms with E-state index in [1.54, 1.807) is 23.5 Å². The summed E-state index contributed by atoms with van der Waals surface area (Å²) >= 11 is 1.56. The maximum absolute atomic E-state index is 12.2. The highest BCUT2D eigenvalue weighted by atomic mass is 32.1. The molecule has 0 amide bonds. The van der Waals surface area contributed by atoms with Gasteiger partial charge in [0.2, 0.25) is 0 Å². The molecule has 0 spiro atoms. The van der Waals surface area contributed by atoms with Crippen LogP contribution < -0.4 is 0 Å². The molecule has 132 valence electrons. The second-order valence-corrected chi connectivity index (χ2v) is 7.04. The summed E-state index contributed by atoms with van der Waals surface area (Å²) in [6, 6.07) is 29.2. The van der Waals surface area contributed by atoms with Crippen molar-refractivity contribution < 1.29 is 9.53 Å². The lowest BCUT2D eigenvalue weighted by Crippen LogP contribution is -2.04. The highest BCUT2D eigenvalue weighted by molar-refractivity contribution is 7.15. The maximum atomic E-state index is 12.2. The van der Waals surface area contributed by atoms with Gasteiger partial charge in [0, 0.05) is 5.56 Å². The van der Waals surface area contributed by atoms with Crippen molar-refractivity contribution in [3.05, 3.63) is 102 Å². The van der Waals surface area contributed by atoms with Crippen LogP contribution in [0.2, 0.25) is 0 Å². The zero-order valence-electron chi connectivity index (χ0n) is 14.5. The monoisotopic (exact) mass is 371 g/mol. The molecule has 0 saturated heterocycles. The molecule has 0 atom stereocenters. The Bertz CT molecular complexity index is 971. The molecule has 3 nitrogen and oxygen atoms in total. The molecule has 0 saturated carbocycles. The van der Waals surface area contributed by atoms with Crippen molar-refractivity contribution in [1.82, 2.24) is 4.98 Å². The molecule has 27 heavy (non-hydrogen) atoms. The summed E-state index contributed by atoms with van der Waals surface area (Å²) in [5.41, 5.74) is 3.61. The quantitative estimate of drug-likeness (QED) is 0.414. The van der Waals surface area contributed by atoms with E-state index in [9.17, 15) is 4.79 Å². The van der Waals surface area contributed by atoms with Crippen molar-refractivity contribution in [2.75, 3.05) is 0 Å². The molecule has 0 aliphatic carbocycles. The summed E-state index contributed by atoms with van der Waals surface area (Å²) in [5, 5.41) is 0.775. The van der Waals surface area contributed by atoms with E-state index in [2.05, 4.69) is 12.1 Å². The van der Waals surface area contributed by atoms with Gasteiger partial charge in [0.25, 0.3) is 0 Å². The third-order valence-electron chi connectivity index (χ3n) is 4.09. The number of esters is 1. The summed E-state index contributed by atoms with van der Waals surface area (Å²) in [7, 11) is 0. The summed E-state index contributed by atoms with van der Waals surface area (Å²) < 4.78 is 5.46. The normalized spacial score (nSPS) is 10.5. The molecule has 0 N–H and O–H groups in total. The highest BCUT2D eigenvalue weighted by Crippen LogP contribution is 2.37. The van der Waals surface area contributed by atoms with Gasteiger partial charge in [-0.15, -0.1) is 11.3 Å². The fourth-order valence-corrected chi connectivity index (χ4v) is 3.79. The minimum Gasteiger partial charge on any atom is -0.455 e. The summed E-state index contributed by atoms with van der Waals surface area (Å²) in [5.74, 6) is -0.340. The molecule has 4 aromatic rings. The van der Waals surface area contributed by atoms with Crippen LogP contribution in [-0.4, -0.2) is 11.0 Å². The molecule has 0 fully saturated rings. The average molecular weight is 371 g/mol. The van der Waals surface area contributed by atoms with Crippen molar-refractivity contribution in [2.24, 2.45) is 0 Å². The summed E-state index contributed by atoms with van der Waals surface area (Å²) in [4.78, 5) is 18.0. The Labute approximate surface area is 161 Å². The van der Waals surface area contributed by atoms with Crippen molar-refractivity contribution in [1.29, 1.82) is 0 Å². The van der Waals surface area contributed by atoms with Crippen molar-refractivity contribution >= 4 is 17.3 Å². The number of rotatable bonds is 5. The largest absolute Gasteiger partial charge is 0.455 e. The van der Waals surface area contributed by atoms with Gasteiger partial charge in [0.15, 0.2) is 0 Å². The van der Waals surface area contributed by atoms with Crippen LogP contribution in [0.4, 0.5) is 0 Å². The Hall–Kier alpha value is -3.24. The Morgan fingerprint density at radius 1 is 0.778 bits per heavy atom. The molecule has 0 aliphatic heterocycles. The number of aromatic nitrogens is 1. The number of carbonyl (C=O) groups is 1. The van der Waals surface area contributed by atoms with Gasteiger partial charge < -0.3 is 4.74 Å². The number of nitrogens with zero attached hydrogens (tertiary/aromatic N) is 1. The standard InChI is InChI=1S/C23H17NO2S/c25-23(19-14-8-3-9-15-19)26-16-20-24-21(17-10-4-1-5-11-17)22(27-20)18-12-6-2-7-13-18/h1-15H,16H2. The molecule has 1 aromatic heterocycles. The van der Waals surface area contributed by atoms with E-state index in [4.69, 9.17) is 9.72 Å². The zero-order chi connectivity index (χ0) is 18.5. The number of hydrogen-bond donors (Lipinski definition) is 0. The van der Waals surface area contributed by atoms with Crippen LogP contribution in [0.15, 0.2) is 91.0 Å².